The highest BCUT2D eigenvalue weighted by molar-refractivity contribution is 5.94. The molecule has 4 nitrogen and oxygen atoms in total. The molecule has 0 unspecified atom stereocenters. The highest BCUT2D eigenvalue weighted by atomic mass is 16.5. The Hall–Kier alpha value is -1.55. The van der Waals surface area contributed by atoms with Crippen LogP contribution in [0.2, 0.25) is 0 Å². The third kappa shape index (κ3) is 3.26. The van der Waals surface area contributed by atoms with Crippen LogP contribution in [0.3, 0.4) is 0 Å². The molecule has 0 radical (unpaired) electrons. The summed E-state index contributed by atoms with van der Waals surface area (Å²) in [5, 5.41) is 9.49. The first-order valence-electron chi connectivity index (χ1n) is 6.71. The van der Waals surface area contributed by atoms with E-state index in [-0.39, 0.29) is 17.9 Å². The zero-order valence-corrected chi connectivity index (χ0v) is 11.5. The lowest BCUT2D eigenvalue weighted by atomic mass is 9.86. The molecule has 1 amide bonds. The molecule has 2 rings (SSSR count). The van der Waals surface area contributed by atoms with Crippen molar-refractivity contribution >= 4 is 11.6 Å². The molecule has 0 atom stereocenters. The molecule has 0 saturated heterocycles. The Kier molecular flexibility index (Phi) is 4.43. The Morgan fingerprint density at radius 3 is 2.63 bits per heavy atom. The summed E-state index contributed by atoms with van der Waals surface area (Å²) < 4.78 is 5.17. The van der Waals surface area contributed by atoms with Gasteiger partial charge in [0.05, 0.1) is 13.2 Å². The summed E-state index contributed by atoms with van der Waals surface area (Å²) in [5.41, 5.74) is 0.843. The van der Waals surface area contributed by atoms with Crippen LogP contribution in [0.25, 0.3) is 0 Å². The molecule has 19 heavy (non-hydrogen) atoms. The second-order valence-electron chi connectivity index (χ2n) is 5.10. The number of ether oxygens (including phenoxy) is 1. The number of methoxy groups -OCH3 is 1. The van der Waals surface area contributed by atoms with Gasteiger partial charge in [-0.2, -0.15) is 0 Å². The van der Waals surface area contributed by atoms with Crippen molar-refractivity contribution in [3.63, 3.8) is 0 Å². The first kappa shape index (κ1) is 13.9. The highest BCUT2D eigenvalue weighted by Crippen LogP contribution is 2.28. The molecule has 104 valence electrons. The van der Waals surface area contributed by atoms with E-state index < -0.39 is 0 Å². The zero-order valence-electron chi connectivity index (χ0n) is 11.5. The normalized spacial score (nSPS) is 22.9. The molecule has 0 aromatic heterocycles. The van der Waals surface area contributed by atoms with Gasteiger partial charge in [-0.1, -0.05) is 6.07 Å². The smallest absolute Gasteiger partial charge is 0.229 e. The van der Waals surface area contributed by atoms with E-state index in [1.807, 2.05) is 24.3 Å². The van der Waals surface area contributed by atoms with Crippen molar-refractivity contribution < 1.29 is 14.6 Å². The number of nitrogens with zero attached hydrogens (tertiary/aromatic N) is 1. The molecule has 1 aliphatic rings. The standard InChI is InChI=1S/C15H21NO3/c1-16(12-4-3-5-14(10-12)19-2)15(18)11-6-8-13(17)9-7-11/h3-5,10-11,13,17H,6-9H2,1-2H3. The quantitative estimate of drug-likeness (QED) is 0.909. The Labute approximate surface area is 114 Å². The van der Waals surface area contributed by atoms with Gasteiger partial charge < -0.3 is 14.7 Å². The lowest BCUT2D eigenvalue weighted by Crippen LogP contribution is -2.35. The van der Waals surface area contributed by atoms with Crippen LogP contribution in [0, 0.1) is 5.92 Å². The van der Waals surface area contributed by atoms with E-state index in [4.69, 9.17) is 4.74 Å². The van der Waals surface area contributed by atoms with Gasteiger partial charge in [-0.05, 0) is 37.8 Å². The number of carbonyl (C=O) groups excluding carboxylic acids is 1. The highest BCUT2D eigenvalue weighted by Gasteiger charge is 2.27. The lowest BCUT2D eigenvalue weighted by Gasteiger charge is -2.28. The summed E-state index contributed by atoms with van der Waals surface area (Å²) in [6.07, 6.45) is 2.76. The van der Waals surface area contributed by atoms with Crippen molar-refractivity contribution in [3.8, 4) is 5.75 Å². The van der Waals surface area contributed by atoms with Crippen molar-refractivity contribution in [1.29, 1.82) is 0 Å². The molecule has 1 aliphatic carbocycles. The fraction of sp³-hybridized carbons (Fsp3) is 0.533. The van der Waals surface area contributed by atoms with Gasteiger partial charge in [0.15, 0.2) is 0 Å². The van der Waals surface area contributed by atoms with Crippen molar-refractivity contribution in [1.82, 2.24) is 0 Å². The van der Waals surface area contributed by atoms with Crippen LogP contribution in [0.1, 0.15) is 25.7 Å². The van der Waals surface area contributed by atoms with Crippen LogP contribution in [0.5, 0.6) is 5.75 Å². The van der Waals surface area contributed by atoms with Crippen molar-refractivity contribution in [2.75, 3.05) is 19.1 Å². The Balaban J connectivity index is 2.05. The van der Waals surface area contributed by atoms with Crippen LogP contribution in [0.15, 0.2) is 24.3 Å². The van der Waals surface area contributed by atoms with E-state index >= 15 is 0 Å². The van der Waals surface area contributed by atoms with E-state index in [9.17, 15) is 9.90 Å². The average Bonchev–Trinajstić information content (AvgIpc) is 2.46. The van der Waals surface area contributed by atoms with E-state index in [2.05, 4.69) is 0 Å². The second-order valence-corrected chi connectivity index (χ2v) is 5.10. The van der Waals surface area contributed by atoms with Gasteiger partial charge in [-0.25, -0.2) is 0 Å². The van der Waals surface area contributed by atoms with Gasteiger partial charge in [0, 0.05) is 24.7 Å². The van der Waals surface area contributed by atoms with Crippen LogP contribution < -0.4 is 9.64 Å². The fourth-order valence-electron chi connectivity index (χ4n) is 2.54. The number of hydrogen-bond acceptors (Lipinski definition) is 3. The lowest BCUT2D eigenvalue weighted by molar-refractivity contribution is -0.123. The molecule has 1 saturated carbocycles. The Bertz CT molecular complexity index is 439. The van der Waals surface area contributed by atoms with Gasteiger partial charge in [-0.15, -0.1) is 0 Å². The topological polar surface area (TPSA) is 49.8 Å². The molecule has 0 aliphatic heterocycles. The largest absolute Gasteiger partial charge is 0.497 e. The maximum atomic E-state index is 12.4. The minimum atomic E-state index is -0.230. The van der Waals surface area contributed by atoms with Crippen LogP contribution in [-0.2, 0) is 4.79 Å². The van der Waals surface area contributed by atoms with E-state index in [1.165, 1.54) is 0 Å². The average molecular weight is 263 g/mol. The summed E-state index contributed by atoms with van der Waals surface area (Å²) in [5.74, 6) is 0.899. The maximum absolute atomic E-state index is 12.4. The number of carbonyl (C=O) groups is 1. The van der Waals surface area contributed by atoms with Crippen molar-refractivity contribution in [3.05, 3.63) is 24.3 Å². The number of benzene rings is 1. The fourth-order valence-corrected chi connectivity index (χ4v) is 2.54. The SMILES string of the molecule is COc1cccc(N(C)C(=O)C2CCC(O)CC2)c1. The summed E-state index contributed by atoms with van der Waals surface area (Å²) in [4.78, 5) is 14.1. The number of anilines is 1. The van der Waals surface area contributed by atoms with E-state index in [0.717, 1.165) is 37.1 Å². The molecule has 0 heterocycles. The summed E-state index contributed by atoms with van der Waals surface area (Å²) in [6, 6.07) is 7.50. The predicted molar refractivity (Wildman–Crippen MR) is 74.4 cm³/mol. The molecule has 0 spiro atoms. The van der Waals surface area contributed by atoms with E-state index in [0.29, 0.717) is 0 Å². The molecule has 1 N–H and O–H groups in total. The number of aliphatic hydroxyl groups is 1. The maximum Gasteiger partial charge on any atom is 0.229 e. The predicted octanol–water partition coefficient (Wildman–Crippen LogP) is 2.21. The summed E-state index contributed by atoms with van der Waals surface area (Å²) >= 11 is 0. The van der Waals surface area contributed by atoms with Crippen LogP contribution >= 0.6 is 0 Å². The van der Waals surface area contributed by atoms with Crippen molar-refractivity contribution in [2.24, 2.45) is 5.92 Å². The third-order valence-electron chi connectivity index (χ3n) is 3.82. The number of rotatable bonds is 3. The first-order valence-corrected chi connectivity index (χ1v) is 6.71. The van der Waals surface area contributed by atoms with Crippen LogP contribution in [-0.4, -0.2) is 31.3 Å². The second kappa shape index (κ2) is 6.06. The first-order chi connectivity index (χ1) is 9.11. The van der Waals surface area contributed by atoms with Crippen LogP contribution in [0.4, 0.5) is 5.69 Å². The minimum absolute atomic E-state index is 0.0274. The molecule has 0 bridgehead atoms. The van der Waals surface area contributed by atoms with Gasteiger partial charge in [-0.3, -0.25) is 4.79 Å². The molecule has 1 aromatic carbocycles. The monoisotopic (exact) mass is 263 g/mol. The summed E-state index contributed by atoms with van der Waals surface area (Å²) in [6.45, 7) is 0. The van der Waals surface area contributed by atoms with Crippen molar-refractivity contribution in [2.45, 2.75) is 31.8 Å². The van der Waals surface area contributed by atoms with Gasteiger partial charge in [0.25, 0.3) is 0 Å². The van der Waals surface area contributed by atoms with Gasteiger partial charge in [0.1, 0.15) is 5.75 Å². The van der Waals surface area contributed by atoms with Gasteiger partial charge in [0.2, 0.25) is 5.91 Å². The Morgan fingerprint density at radius 2 is 2.00 bits per heavy atom. The molecule has 4 heteroatoms. The zero-order chi connectivity index (χ0) is 13.8. The molecular weight excluding hydrogens is 242 g/mol. The number of hydrogen-bond donors (Lipinski definition) is 1. The number of aliphatic hydroxyl groups excluding tert-OH is 1. The third-order valence-corrected chi connectivity index (χ3v) is 3.82. The molecular formula is C15H21NO3. The van der Waals surface area contributed by atoms with E-state index in [1.54, 1.807) is 19.1 Å². The van der Waals surface area contributed by atoms with Gasteiger partial charge >= 0.3 is 0 Å². The summed E-state index contributed by atoms with van der Waals surface area (Å²) in [7, 11) is 3.41. The molecule has 1 aromatic rings. The Morgan fingerprint density at radius 1 is 1.32 bits per heavy atom. The molecule has 1 fully saturated rings. The number of amides is 1. The minimum Gasteiger partial charge on any atom is -0.497 e.